The standard InChI is InChI=1S/C12H16N4S2/c1-3-5-13-9(2)10-4-6-14-11(7-10)17-12-15-8-16-18-12/h4,6-9,13H,3,5H2,1-2H3. The molecule has 1 atom stereocenters. The lowest BCUT2D eigenvalue weighted by Crippen LogP contribution is -2.19. The fourth-order valence-corrected chi connectivity index (χ4v) is 2.93. The van der Waals surface area contributed by atoms with Gasteiger partial charge in [-0.15, -0.1) is 0 Å². The number of nitrogens with one attached hydrogen (secondary N) is 1. The lowest BCUT2D eigenvalue weighted by Gasteiger charge is -2.13. The SMILES string of the molecule is CCCNC(C)c1ccnc(Sc2ncns2)c1. The first kappa shape index (κ1) is 13.5. The second-order valence-electron chi connectivity index (χ2n) is 3.91. The smallest absolute Gasteiger partial charge is 0.175 e. The lowest BCUT2D eigenvalue weighted by molar-refractivity contribution is 0.569. The van der Waals surface area contributed by atoms with E-state index >= 15 is 0 Å². The average Bonchev–Trinajstić information content (AvgIpc) is 2.89. The predicted octanol–water partition coefficient (Wildman–Crippen LogP) is 3.14. The second-order valence-corrected chi connectivity index (χ2v) is 5.96. The van der Waals surface area contributed by atoms with Crippen LogP contribution in [0, 0.1) is 0 Å². The fraction of sp³-hybridized carbons (Fsp3) is 0.417. The minimum absolute atomic E-state index is 0.349. The third-order valence-electron chi connectivity index (χ3n) is 2.49. The van der Waals surface area contributed by atoms with Gasteiger partial charge in [-0.25, -0.2) is 9.97 Å². The van der Waals surface area contributed by atoms with E-state index in [0.717, 1.165) is 22.3 Å². The van der Waals surface area contributed by atoms with Gasteiger partial charge in [0.05, 0.1) is 0 Å². The summed E-state index contributed by atoms with van der Waals surface area (Å²) in [6, 6.07) is 4.51. The topological polar surface area (TPSA) is 50.7 Å². The van der Waals surface area contributed by atoms with Gasteiger partial charge in [-0.05, 0) is 60.9 Å². The molecule has 2 rings (SSSR count). The summed E-state index contributed by atoms with van der Waals surface area (Å²) in [6.45, 7) is 5.37. The minimum Gasteiger partial charge on any atom is -0.310 e. The third-order valence-corrected chi connectivity index (χ3v) is 4.14. The van der Waals surface area contributed by atoms with Gasteiger partial charge in [-0.1, -0.05) is 6.92 Å². The number of hydrogen-bond donors (Lipinski definition) is 1. The molecule has 2 aromatic rings. The molecule has 4 nitrogen and oxygen atoms in total. The van der Waals surface area contributed by atoms with Gasteiger partial charge in [0.15, 0.2) is 4.34 Å². The average molecular weight is 280 g/mol. The molecule has 0 bridgehead atoms. The highest BCUT2D eigenvalue weighted by atomic mass is 32.2. The maximum Gasteiger partial charge on any atom is 0.175 e. The first-order chi connectivity index (χ1) is 8.79. The van der Waals surface area contributed by atoms with Crippen LogP contribution in [0.15, 0.2) is 34.0 Å². The first-order valence-corrected chi connectivity index (χ1v) is 7.52. The Morgan fingerprint density at radius 2 is 2.33 bits per heavy atom. The molecule has 0 aliphatic heterocycles. The van der Waals surface area contributed by atoms with Crippen molar-refractivity contribution in [2.45, 2.75) is 35.7 Å². The summed E-state index contributed by atoms with van der Waals surface area (Å²) in [4.78, 5) is 8.50. The molecule has 2 aromatic heterocycles. The Balaban J connectivity index is 2.05. The van der Waals surface area contributed by atoms with E-state index in [2.05, 4.69) is 45.6 Å². The maximum atomic E-state index is 4.35. The van der Waals surface area contributed by atoms with Crippen molar-refractivity contribution in [1.82, 2.24) is 19.7 Å². The lowest BCUT2D eigenvalue weighted by atomic mass is 10.1. The van der Waals surface area contributed by atoms with E-state index in [0.29, 0.717) is 6.04 Å². The Morgan fingerprint density at radius 1 is 1.44 bits per heavy atom. The zero-order valence-electron chi connectivity index (χ0n) is 10.5. The molecule has 18 heavy (non-hydrogen) atoms. The molecule has 0 saturated heterocycles. The number of aromatic nitrogens is 3. The highest BCUT2D eigenvalue weighted by Gasteiger charge is 2.07. The van der Waals surface area contributed by atoms with Crippen LogP contribution in [0.2, 0.25) is 0 Å². The monoisotopic (exact) mass is 280 g/mol. The van der Waals surface area contributed by atoms with Crippen molar-refractivity contribution in [1.29, 1.82) is 0 Å². The summed E-state index contributed by atoms with van der Waals surface area (Å²) in [7, 11) is 0. The Bertz CT molecular complexity index is 473. The summed E-state index contributed by atoms with van der Waals surface area (Å²) < 4.78 is 4.91. The first-order valence-electron chi connectivity index (χ1n) is 5.93. The van der Waals surface area contributed by atoms with Crippen molar-refractivity contribution >= 4 is 23.3 Å². The Kier molecular flexibility index (Phi) is 5.10. The Morgan fingerprint density at radius 3 is 3.06 bits per heavy atom. The molecule has 0 fully saturated rings. The predicted molar refractivity (Wildman–Crippen MR) is 75.0 cm³/mol. The van der Waals surface area contributed by atoms with E-state index in [-0.39, 0.29) is 0 Å². The quantitative estimate of drug-likeness (QED) is 0.881. The van der Waals surface area contributed by atoms with Gasteiger partial charge >= 0.3 is 0 Å². The zero-order valence-corrected chi connectivity index (χ0v) is 12.1. The molecule has 0 saturated carbocycles. The maximum absolute atomic E-state index is 4.35. The number of pyridine rings is 1. The van der Waals surface area contributed by atoms with Gasteiger partial charge in [0, 0.05) is 12.2 Å². The van der Waals surface area contributed by atoms with Crippen LogP contribution in [0.25, 0.3) is 0 Å². The van der Waals surface area contributed by atoms with Crippen LogP contribution in [0.3, 0.4) is 0 Å². The van der Waals surface area contributed by atoms with E-state index in [1.165, 1.54) is 17.1 Å². The summed E-state index contributed by atoms with van der Waals surface area (Å²) >= 11 is 2.95. The van der Waals surface area contributed by atoms with E-state index in [9.17, 15) is 0 Å². The van der Waals surface area contributed by atoms with Gasteiger partial charge in [0.25, 0.3) is 0 Å². The summed E-state index contributed by atoms with van der Waals surface area (Å²) in [6.07, 6.45) is 4.56. The Hall–Kier alpha value is -0.980. The van der Waals surface area contributed by atoms with Gasteiger partial charge in [0.2, 0.25) is 0 Å². The molecule has 96 valence electrons. The molecule has 2 heterocycles. The van der Waals surface area contributed by atoms with Crippen molar-refractivity contribution in [3.8, 4) is 0 Å². The van der Waals surface area contributed by atoms with Gasteiger partial charge in [-0.2, -0.15) is 4.37 Å². The van der Waals surface area contributed by atoms with Crippen LogP contribution in [-0.2, 0) is 0 Å². The molecule has 0 amide bonds. The summed E-state index contributed by atoms with van der Waals surface area (Å²) in [5.74, 6) is 0. The molecule has 1 N–H and O–H groups in total. The van der Waals surface area contributed by atoms with Crippen molar-refractivity contribution in [3.05, 3.63) is 30.2 Å². The van der Waals surface area contributed by atoms with Crippen molar-refractivity contribution in [2.75, 3.05) is 6.54 Å². The normalized spacial score (nSPS) is 12.6. The summed E-state index contributed by atoms with van der Waals surface area (Å²) in [5, 5.41) is 4.44. The van der Waals surface area contributed by atoms with Gasteiger partial charge in [0.1, 0.15) is 11.4 Å². The molecule has 0 radical (unpaired) electrons. The van der Waals surface area contributed by atoms with E-state index in [1.54, 1.807) is 18.1 Å². The number of nitrogens with zero attached hydrogens (tertiary/aromatic N) is 3. The third kappa shape index (κ3) is 3.76. The van der Waals surface area contributed by atoms with E-state index in [1.807, 2.05) is 6.20 Å². The Labute approximate surface area is 115 Å². The highest BCUT2D eigenvalue weighted by Crippen LogP contribution is 2.27. The van der Waals surface area contributed by atoms with Crippen LogP contribution in [0.5, 0.6) is 0 Å². The molecule has 0 aliphatic rings. The van der Waals surface area contributed by atoms with Crippen LogP contribution in [0.4, 0.5) is 0 Å². The second kappa shape index (κ2) is 6.82. The van der Waals surface area contributed by atoms with Crippen LogP contribution < -0.4 is 5.32 Å². The molecule has 6 heteroatoms. The summed E-state index contributed by atoms with van der Waals surface area (Å²) in [5.41, 5.74) is 1.26. The molecule has 1 unspecified atom stereocenters. The van der Waals surface area contributed by atoms with Crippen LogP contribution in [-0.4, -0.2) is 20.9 Å². The van der Waals surface area contributed by atoms with Crippen molar-refractivity contribution < 1.29 is 0 Å². The number of rotatable bonds is 6. The van der Waals surface area contributed by atoms with Crippen molar-refractivity contribution in [3.63, 3.8) is 0 Å². The molecular formula is C12H16N4S2. The molecule has 0 spiro atoms. The minimum atomic E-state index is 0.349. The zero-order chi connectivity index (χ0) is 12.8. The van der Waals surface area contributed by atoms with E-state index < -0.39 is 0 Å². The van der Waals surface area contributed by atoms with E-state index in [4.69, 9.17) is 0 Å². The van der Waals surface area contributed by atoms with Crippen LogP contribution >= 0.6 is 23.3 Å². The molecule has 0 aromatic carbocycles. The van der Waals surface area contributed by atoms with Crippen LogP contribution in [0.1, 0.15) is 31.9 Å². The molecule has 0 aliphatic carbocycles. The van der Waals surface area contributed by atoms with Gasteiger partial charge in [-0.3, -0.25) is 0 Å². The fourth-order valence-electron chi connectivity index (χ4n) is 1.53. The molecular weight excluding hydrogens is 264 g/mol. The number of hydrogen-bond acceptors (Lipinski definition) is 6. The van der Waals surface area contributed by atoms with Gasteiger partial charge < -0.3 is 5.32 Å². The highest BCUT2D eigenvalue weighted by molar-refractivity contribution is 8.00. The largest absolute Gasteiger partial charge is 0.310 e. The van der Waals surface area contributed by atoms with Crippen molar-refractivity contribution in [2.24, 2.45) is 0 Å².